The lowest BCUT2D eigenvalue weighted by Gasteiger charge is -2.12. The molecule has 0 bridgehead atoms. The summed E-state index contributed by atoms with van der Waals surface area (Å²) in [5, 5.41) is 0.133. The Morgan fingerprint density at radius 1 is 1.13 bits per heavy atom. The van der Waals surface area contributed by atoms with Crippen LogP contribution in [-0.4, -0.2) is 0 Å². The van der Waals surface area contributed by atoms with Gasteiger partial charge in [-0.3, -0.25) is 0 Å². The molecule has 15 heavy (non-hydrogen) atoms. The van der Waals surface area contributed by atoms with Crippen LogP contribution < -0.4 is 0 Å². The first-order valence-electron chi connectivity index (χ1n) is 5.83. The monoisotopic (exact) mass is 222 g/mol. The molecule has 0 saturated heterocycles. The van der Waals surface area contributed by atoms with Crippen LogP contribution in [0.4, 0.5) is 0 Å². The summed E-state index contributed by atoms with van der Waals surface area (Å²) in [4.78, 5) is 0. The summed E-state index contributed by atoms with van der Waals surface area (Å²) < 4.78 is 0. The zero-order valence-corrected chi connectivity index (χ0v) is 10.5. The standard InChI is InChI=1S/C14H19Cl/c1-9(2)13-7-12-5-4-11(10(3)15)6-14(12)8-13/h4-6,9-10,13H,7-8H2,1-3H3/t10-,13-/m1/s1. The third kappa shape index (κ3) is 2.20. The van der Waals surface area contributed by atoms with E-state index in [1.54, 1.807) is 0 Å². The molecule has 1 aromatic carbocycles. The van der Waals surface area contributed by atoms with Crippen molar-refractivity contribution < 1.29 is 0 Å². The zero-order chi connectivity index (χ0) is 11.0. The molecule has 1 aromatic rings. The van der Waals surface area contributed by atoms with Gasteiger partial charge in [-0.1, -0.05) is 32.0 Å². The zero-order valence-electron chi connectivity index (χ0n) is 9.76. The van der Waals surface area contributed by atoms with E-state index in [1.165, 1.54) is 29.5 Å². The maximum atomic E-state index is 6.10. The molecule has 0 amide bonds. The molecule has 2 rings (SSSR count). The van der Waals surface area contributed by atoms with Gasteiger partial charge in [0.05, 0.1) is 5.38 Å². The molecular formula is C14H19Cl. The minimum absolute atomic E-state index is 0.133. The predicted octanol–water partition coefficient (Wildman–Crippen LogP) is 4.36. The molecular weight excluding hydrogens is 204 g/mol. The molecule has 0 unspecified atom stereocenters. The Morgan fingerprint density at radius 2 is 1.80 bits per heavy atom. The van der Waals surface area contributed by atoms with Crippen LogP contribution in [0.25, 0.3) is 0 Å². The van der Waals surface area contributed by atoms with Crippen molar-refractivity contribution in [2.24, 2.45) is 11.8 Å². The second kappa shape index (κ2) is 4.17. The van der Waals surface area contributed by atoms with E-state index in [0.29, 0.717) is 0 Å². The van der Waals surface area contributed by atoms with Gasteiger partial charge in [-0.05, 0) is 48.3 Å². The van der Waals surface area contributed by atoms with Crippen molar-refractivity contribution in [1.29, 1.82) is 0 Å². The molecule has 1 heteroatoms. The van der Waals surface area contributed by atoms with Gasteiger partial charge >= 0.3 is 0 Å². The van der Waals surface area contributed by atoms with Crippen molar-refractivity contribution in [3.05, 3.63) is 34.9 Å². The van der Waals surface area contributed by atoms with E-state index in [2.05, 4.69) is 32.0 Å². The Morgan fingerprint density at radius 3 is 2.40 bits per heavy atom. The Balaban J connectivity index is 2.24. The number of rotatable bonds is 2. The van der Waals surface area contributed by atoms with Crippen molar-refractivity contribution in [1.82, 2.24) is 0 Å². The molecule has 0 fully saturated rings. The first-order chi connectivity index (χ1) is 7.08. The molecule has 1 aliphatic rings. The van der Waals surface area contributed by atoms with Crippen molar-refractivity contribution in [3.8, 4) is 0 Å². The number of benzene rings is 1. The Bertz CT molecular complexity index is 352. The lowest BCUT2D eigenvalue weighted by Crippen LogP contribution is -2.07. The minimum Gasteiger partial charge on any atom is -0.118 e. The second-order valence-electron chi connectivity index (χ2n) is 5.06. The van der Waals surface area contributed by atoms with Crippen LogP contribution in [0.2, 0.25) is 0 Å². The molecule has 82 valence electrons. The molecule has 0 saturated carbocycles. The van der Waals surface area contributed by atoms with Crippen LogP contribution in [-0.2, 0) is 12.8 Å². The second-order valence-corrected chi connectivity index (χ2v) is 5.71. The maximum absolute atomic E-state index is 6.10. The van der Waals surface area contributed by atoms with E-state index in [0.717, 1.165) is 11.8 Å². The van der Waals surface area contributed by atoms with Gasteiger partial charge in [0, 0.05) is 0 Å². The van der Waals surface area contributed by atoms with E-state index in [1.807, 2.05) is 6.92 Å². The van der Waals surface area contributed by atoms with Crippen molar-refractivity contribution >= 4 is 11.6 Å². The predicted molar refractivity (Wildman–Crippen MR) is 66.4 cm³/mol. The highest BCUT2D eigenvalue weighted by molar-refractivity contribution is 6.20. The van der Waals surface area contributed by atoms with Gasteiger partial charge in [-0.2, -0.15) is 0 Å². The average Bonchev–Trinajstić information content (AvgIpc) is 2.59. The van der Waals surface area contributed by atoms with Crippen molar-refractivity contribution in [2.75, 3.05) is 0 Å². The summed E-state index contributed by atoms with van der Waals surface area (Å²) in [6.45, 7) is 6.68. The highest BCUT2D eigenvalue weighted by Crippen LogP contribution is 2.33. The fourth-order valence-electron chi connectivity index (χ4n) is 2.39. The summed E-state index contributed by atoms with van der Waals surface area (Å²) in [6.07, 6.45) is 2.49. The topological polar surface area (TPSA) is 0 Å². The van der Waals surface area contributed by atoms with Gasteiger partial charge in [0.2, 0.25) is 0 Å². The van der Waals surface area contributed by atoms with Crippen molar-refractivity contribution in [3.63, 3.8) is 0 Å². The van der Waals surface area contributed by atoms with E-state index in [-0.39, 0.29) is 5.38 Å². The van der Waals surface area contributed by atoms with Crippen LogP contribution in [0.5, 0.6) is 0 Å². The smallest absolute Gasteiger partial charge is 0.0557 e. The largest absolute Gasteiger partial charge is 0.118 e. The number of fused-ring (bicyclic) bond motifs is 1. The lowest BCUT2D eigenvalue weighted by molar-refractivity contribution is 0.404. The summed E-state index contributed by atoms with van der Waals surface area (Å²) in [5.74, 6) is 1.62. The first-order valence-corrected chi connectivity index (χ1v) is 6.27. The highest BCUT2D eigenvalue weighted by atomic mass is 35.5. The molecule has 0 spiro atoms. The highest BCUT2D eigenvalue weighted by Gasteiger charge is 2.24. The maximum Gasteiger partial charge on any atom is 0.0557 e. The number of hydrogen-bond acceptors (Lipinski definition) is 0. The van der Waals surface area contributed by atoms with Gasteiger partial charge in [0.25, 0.3) is 0 Å². The Kier molecular flexibility index (Phi) is 3.06. The SMILES string of the molecule is CC(C)[C@@H]1Cc2ccc([C@@H](C)Cl)cc2C1. The molecule has 2 atom stereocenters. The van der Waals surface area contributed by atoms with Gasteiger partial charge in [-0.25, -0.2) is 0 Å². The first kappa shape index (κ1) is 11.0. The molecule has 0 aliphatic heterocycles. The fraction of sp³-hybridized carbons (Fsp3) is 0.571. The Labute approximate surface area is 97.6 Å². The fourth-order valence-corrected chi connectivity index (χ4v) is 2.53. The lowest BCUT2D eigenvalue weighted by atomic mass is 9.93. The quantitative estimate of drug-likeness (QED) is 0.653. The third-order valence-electron chi connectivity index (χ3n) is 3.60. The van der Waals surface area contributed by atoms with Gasteiger partial charge < -0.3 is 0 Å². The van der Waals surface area contributed by atoms with Crippen molar-refractivity contribution in [2.45, 2.75) is 39.0 Å². The minimum atomic E-state index is 0.133. The van der Waals surface area contributed by atoms with Crippen LogP contribution in [0, 0.1) is 11.8 Å². The molecule has 1 aliphatic carbocycles. The van der Waals surface area contributed by atoms with E-state index >= 15 is 0 Å². The number of halogens is 1. The molecule has 0 aromatic heterocycles. The van der Waals surface area contributed by atoms with Crippen LogP contribution in [0.3, 0.4) is 0 Å². The van der Waals surface area contributed by atoms with E-state index in [9.17, 15) is 0 Å². The Hall–Kier alpha value is -0.490. The summed E-state index contributed by atoms with van der Waals surface area (Å²) >= 11 is 6.10. The van der Waals surface area contributed by atoms with E-state index < -0.39 is 0 Å². The number of hydrogen-bond donors (Lipinski definition) is 0. The molecule has 0 radical (unpaired) electrons. The van der Waals surface area contributed by atoms with Gasteiger partial charge in [0.1, 0.15) is 0 Å². The van der Waals surface area contributed by atoms with Crippen LogP contribution >= 0.6 is 11.6 Å². The third-order valence-corrected chi connectivity index (χ3v) is 3.85. The summed E-state index contributed by atoms with van der Waals surface area (Å²) in [6, 6.07) is 6.75. The van der Waals surface area contributed by atoms with E-state index in [4.69, 9.17) is 11.6 Å². The summed E-state index contributed by atoms with van der Waals surface area (Å²) in [5.41, 5.74) is 4.33. The normalized spacial score (nSPS) is 21.8. The average molecular weight is 223 g/mol. The van der Waals surface area contributed by atoms with Crippen LogP contribution in [0.1, 0.15) is 42.8 Å². The molecule has 0 nitrogen and oxygen atoms in total. The molecule has 0 heterocycles. The number of alkyl halides is 1. The summed E-state index contributed by atoms with van der Waals surface area (Å²) in [7, 11) is 0. The van der Waals surface area contributed by atoms with Gasteiger partial charge in [-0.15, -0.1) is 11.6 Å². The van der Waals surface area contributed by atoms with Crippen LogP contribution in [0.15, 0.2) is 18.2 Å². The molecule has 0 N–H and O–H groups in total. The van der Waals surface area contributed by atoms with Gasteiger partial charge in [0.15, 0.2) is 0 Å².